The first-order valence-corrected chi connectivity index (χ1v) is 13.3. The van der Waals surface area contributed by atoms with Crippen LogP contribution in [0.2, 0.25) is 0 Å². The predicted octanol–water partition coefficient (Wildman–Crippen LogP) is 5.57. The Bertz CT molecular complexity index is 1050. The molecule has 37 heavy (non-hydrogen) atoms. The molecule has 2 aromatic rings. The summed E-state index contributed by atoms with van der Waals surface area (Å²) in [6.45, 7) is 2.98. The van der Waals surface area contributed by atoms with E-state index in [1.165, 1.54) is 12.1 Å². The van der Waals surface area contributed by atoms with Crippen LogP contribution in [0.3, 0.4) is 0 Å². The Kier molecular flexibility index (Phi) is 8.79. The predicted molar refractivity (Wildman–Crippen MR) is 139 cm³/mol. The minimum atomic E-state index is -0.978. The van der Waals surface area contributed by atoms with Gasteiger partial charge in [-0.25, -0.2) is 4.39 Å². The van der Waals surface area contributed by atoms with Crippen molar-refractivity contribution in [1.82, 2.24) is 4.90 Å². The molecular weight excluding hydrogens is 475 g/mol. The Hall–Kier alpha value is -3.00. The second kappa shape index (κ2) is 12.0. The van der Waals surface area contributed by atoms with Crippen molar-refractivity contribution in [2.45, 2.75) is 63.3 Å². The molecule has 200 valence electrons. The fourth-order valence-electron chi connectivity index (χ4n) is 6.46. The molecule has 2 fully saturated rings. The van der Waals surface area contributed by atoms with Crippen molar-refractivity contribution in [3.8, 4) is 5.75 Å². The number of methoxy groups -OCH3 is 1. The quantitative estimate of drug-likeness (QED) is 0.248. The van der Waals surface area contributed by atoms with E-state index in [4.69, 9.17) is 9.47 Å². The molecule has 1 unspecified atom stereocenters. The zero-order valence-corrected chi connectivity index (χ0v) is 21.7. The van der Waals surface area contributed by atoms with Crippen LogP contribution >= 0.6 is 0 Å². The zero-order valence-electron chi connectivity index (χ0n) is 21.7. The summed E-state index contributed by atoms with van der Waals surface area (Å²) < 4.78 is 24.4. The lowest BCUT2D eigenvalue weighted by atomic mass is 9.65. The smallest absolute Gasteiger partial charge is 0.313 e. The summed E-state index contributed by atoms with van der Waals surface area (Å²) in [5.41, 5.74) is 0.924. The summed E-state index contributed by atoms with van der Waals surface area (Å²) in [6.07, 6.45) is 5.35. The van der Waals surface area contributed by atoms with Gasteiger partial charge in [0.25, 0.3) is 0 Å². The molecule has 0 aromatic heterocycles. The van der Waals surface area contributed by atoms with Crippen molar-refractivity contribution in [1.29, 1.82) is 0 Å². The van der Waals surface area contributed by atoms with E-state index in [1.54, 1.807) is 26.2 Å². The second-order valence-corrected chi connectivity index (χ2v) is 10.3. The standard InChI is InChI=1S/C29H37FN2O5/c1-3-37-28(33)29(26(20-32(34)35)22-10-14-24(36-2)15-11-22)16-18-31(19-17-29)27-7-5-4-6-25(27)21-8-12-23(30)13-9-21/h8-15,25-27H,3-7,16-20H2,1-2H3/t25-,26?,27-/m1/s1. The SMILES string of the molecule is CCOC(=O)C1(C(C[N+](=O)[O-])c2ccc(OC)cc2)CCN([C@@H]2CCCC[C@@H]2c2ccc(F)cc2)CC1. The van der Waals surface area contributed by atoms with Gasteiger partial charge in [-0.1, -0.05) is 37.1 Å². The second-order valence-electron chi connectivity index (χ2n) is 10.3. The number of nitrogens with zero attached hydrogens (tertiary/aromatic N) is 2. The van der Waals surface area contributed by atoms with Crippen molar-refractivity contribution in [2.24, 2.45) is 5.41 Å². The van der Waals surface area contributed by atoms with Gasteiger partial charge in [-0.15, -0.1) is 0 Å². The summed E-state index contributed by atoms with van der Waals surface area (Å²) in [4.78, 5) is 27.4. The number of ether oxygens (including phenoxy) is 2. The molecule has 0 bridgehead atoms. The number of hydrogen-bond donors (Lipinski definition) is 0. The molecule has 1 heterocycles. The van der Waals surface area contributed by atoms with Crippen LogP contribution in [0.4, 0.5) is 4.39 Å². The number of piperidine rings is 1. The molecule has 1 aliphatic heterocycles. The molecule has 0 N–H and O–H groups in total. The van der Waals surface area contributed by atoms with E-state index < -0.39 is 11.3 Å². The van der Waals surface area contributed by atoms with Gasteiger partial charge in [-0.3, -0.25) is 19.8 Å². The highest BCUT2D eigenvalue weighted by molar-refractivity contribution is 5.78. The summed E-state index contributed by atoms with van der Waals surface area (Å²) in [7, 11) is 1.57. The van der Waals surface area contributed by atoms with Crippen molar-refractivity contribution in [2.75, 3.05) is 33.4 Å². The van der Waals surface area contributed by atoms with Crippen LogP contribution in [0, 0.1) is 21.3 Å². The number of likely N-dealkylation sites (tertiary alicyclic amines) is 1. The fourth-order valence-corrected chi connectivity index (χ4v) is 6.46. The lowest BCUT2D eigenvalue weighted by Crippen LogP contribution is -2.53. The van der Waals surface area contributed by atoms with Gasteiger partial charge in [-0.05, 0) is 87.0 Å². The molecule has 0 amide bonds. The van der Waals surface area contributed by atoms with E-state index in [-0.39, 0.29) is 29.9 Å². The van der Waals surface area contributed by atoms with Gasteiger partial charge in [0.2, 0.25) is 6.54 Å². The number of rotatable bonds is 9. The van der Waals surface area contributed by atoms with Crippen molar-refractivity contribution in [3.05, 3.63) is 75.6 Å². The van der Waals surface area contributed by atoms with E-state index in [9.17, 15) is 19.3 Å². The number of benzene rings is 2. The van der Waals surface area contributed by atoms with Gasteiger partial charge in [-0.2, -0.15) is 0 Å². The number of esters is 1. The van der Waals surface area contributed by atoms with Crippen LogP contribution in [-0.2, 0) is 9.53 Å². The Morgan fingerprint density at radius 1 is 1.11 bits per heavy atom. The lowest BCUT2D eigenvalue weighted by Gasteiger charge is -2.48. The zero-order chi connectivity index (χ0) is 26.4. The molecule has 1 saturated carbocycles. The number of hydrogen-bond acceptors (Lipinski definition) is 6. The van der Waals surface area contributed by atoms with Crippen LogP contribution in [0.5, 0.6) is 5.75 Å². The molecule has 4 rings (SSSR count). The summed E-state index contributed by atoms with van der Waals surface area (Å²) in [5.74, 6) is -0.220. The first kappa shape index (κ1) is 27.0. The summed E-state index contributed by atoms with van der Waals surface area (Å²) in [6, 6.07) is 14.4. The van der Waals surface area contributed by atoms with Gasteiger partial charge < -0.3 is 9.47 Å². The molecule has 1 aliphatic carbocycles. The third kappa shape index (κ3) is 5.95. The Morgan fingerprint density at radius 2 is 1.76 bits per heavy atom. The normalized spacial score (nSPS) is 22.7. The molecule has 3 atom stereocenters. The van der Waals surface area contributed by atoms with E-state index in [1.807, 2.05) is 24.3 Å². The molecule has 7 nitrogen and oxygen atoms in total. The Balaban J connectivity index is 1.61. The maximum Gasteiger partial charge on any atom is 0.313 e. The fraction of sp³-hybridized carbons (Fsp3) is 0.552. The van der Waals surface area contributed by atoms with Gasteiger partial charge in [0.15, 0.2) is 0 Å². The topological polar surface area (TPSA) is 81.9 Å². The van der Waals surface area contributed by atoms with Crippen LogP contribution in [0.1, 0.15) is 68.4 Å². The van der Waals surface area contributed by atoms with E-state index in [2.05, 4.69) is 4.90 Å². The van der Waals surface area contributed by atoms with Crippen molar-refractivity contribution >= 4 is 5.97 Å². The monoisotopic (exact) mass is 512 g/mol. The average molecular weight is 513 g/mol. The molecule has 2 aromatic carbocycles. The highest BCUT2D eigenvalue weighted by Gasteiger charge is 2.52. The largest absolute Gasteiger partial charge is 0.497 e. The van der Waals surface area contributed by atoms with E-state index >= 15 is 0 Å². The maximum atomic E-state index is 13.6. The minimum Gasteiger partial charge on any atom is -0.497 e. The molecule has 0 spiro atoms. The minimum absolute atomic E-state index is 0.230. The maximum absolute atomic E-state index is 13.6. The molecule has 8 heteroatoms. The number of carbonyl (C=O) groups excluding carboxylic acids is 1. The van der Waals surface area contributed by atoms with E-state index in [0.717, 1.165) is 36.8 Å². The summed E-state index contributed by atoms with van der Waals surface area (Å²) >= 11 is 0. The number of halogens is 1. The molecular formula is C29H37FN2O5. The van der Waals surface area contributed by atoms with Crippen LogP contribution in [-0.4, -0.2) is 55.2 Å². The Labute approximate surface area is 218 Å². The first-order valence-electron chi connectivity index (χ1n) is 13.3. The Morgan fingerprint density at radius 3 is 2.35 bits per heavy atom. The average Bonchev–Trinajstić information content (AvgIpc) is 2.92. The van der Waals surface area contributed by atoms with Crippen LogP contribution in [0.25, 0.3) is 0 Å². The van der Waals surface area contributed by atoms with Crippen molar-refractivity contribution in [3.63, 3.8) is 0 Å². The highest BCUT2D eigenvalue weighted by Crippen LogP contribution is 2.48. The van der Waals surface area contributed by atoms with Gasteiger partial charge >= 0.3 is 5.97 Å². The molecule has 0 radical (unpaired) electrons. The third-order valence-electron chi connectivity index (χ3n) is 8.39. The molecule has 2 aliphatic rings. The van der Waals surface area contributed by atoms with Crippen LogP contribution < -0.4 is 4.74 Å². The highest BCUT2D eigenvalue weighted by atomic mass is 19.1. The van der Waals surface area contributed by atoms with Gasteiger partial charge in [0, 0.05) is 11.0 Å². The van der Waals surface area contributed by atoms with E-state index in [0.29, 0.717) is 43.6 Å². The number of carbonyl (C=O) groups is 1. The van der Waals surface area contributed by atoms with Gasteiger partial charge in [0.05, 0.1) is 25.0 Å². The summed E-state index contributed by atoms with van der Waals surface area (Å²) in [5, 5.41) is 11.8. The van der Waals surface area contributed by atoms with Crippen molar-refractivity contribution < 1.29 is 23.6 Å². The third-order valence-corrected chi connectivity index (χ3v) is 8.39. The van der Waals surface area contributed by atoms with Gasteiger partial charge in [0.1, 0.15) is 11.6 Å². The lowest BCUT2D eigenvalue weighted by molar-refractivity contribution is -0.486. The number of nitro groups is 1. The first-order chi connectivity index (χ1) is 17.9. The molecule has 1 saturated heterocycles. The van der Waals surface area contributed by atoms with Crippen LogP contribution in [0.15, 0.2) is 48.5 Å².